The number of aliphatic carboxylic acids is 1. The summed E-state index contributed by atoms with van der Waals surface area (Å²) in [5.74, 6) is 3.06. The number of urea groups is 1. The number of nitrogens with one attached hydrogen (secondary N) is 2. The quantitative estimate of drug-likeness (QED) is 0.474. The number of amides is 2. The molecule has 0 atom stereocenters. The first-order chi connectivity index (χ1) is 8.60. The molecule has 0 bridgehead atoms. The summed E-state index contributed by atoms with van der Waals surface area (Å²) in [6.07, 6.45) is 7.28. The van der Waals surface area contributed by atoms with Gasteiger partial charge in [-0.1, -0.05) is 12.3 Å². The monoisotopic (exact) mass is 270 g/mol. The third kappa shape index (κ3) is 4.15. The number of carboxylic acids is 1. The molecule has 5 nitrogen and oxygen atoms in total. The lowest BCUT2D eigenvalue weighted by Crippen LogP contribution is -2.49. The number of carboxylic acid groups (broad SMARTS) is 1. The number of rotatable bonds is 7. The van der Waals surface area contributed by atoms with Crippen molar-refractivity contribution in [3.05, 3.63) is 0 Å². The first-order valence-corrected chi connectivity index (χ1v) is 7.02. The zero-order chi connectivity index (χ0) is 13.4. The van der Waals surface area contributed by atoms with Gasteiger partial charge in [0.1, 0.15) is 0 Å². The average Bonchev–Trinajstić information content (AvgIpc) is 2.27. The van der Waals surface area contributed by atoms with Crippen LogP contribution < -0.4 is 10.6 Å². The Morgan fingerprint density at radius 1 is 1.39 bits per heavy atom. The highest BCUT2D eigenvalue weighted by Gasteiger charge is 2.44. The minimum Gasteiger partial charge on any atom is -0.481 e. The van der Waals surface area contributed by atoms with E-state index in [1.54, 1.807) is 11.8 Å². The number of hydrogen-bond donors (Lipinski definition) is 3. The lowest BCUT2D eigenvalue weighted by Gasteiger charge is -2.37. The van der Waals surface area contributed by atoms with Crippen molar-refractivity contribution < 1.29 is 14.7 Å². The highest BCUT2D eigenvalue weighted by atomic mass is 32.2. The molecule has 1 fully saturated rings. The zero-order valence-electron chi connectivity index (χ0n) is 10.2. The second-order valence-electron chi connectivity index (χ2n) is 4.31. The maximum absolute atomic E-state index is 11.4. The van der Waals surface area contributed by atoms with E-state index in [4.69, 9.17) is 11.5 Å². The van der Waals surface area contributed by atoms with Crippen LogP contribution in [0.15, 0.2) is 0 Å². The van der Waals surface area contributed by atoms with Gasteiger partial charge >= 0.3 is 12.0 Å². The predicted octanol–water partition coefficient (Wildman–Crippen LogP) is 0.907. The Morgan fingerprint density at radius 3 is 2.61 bits per heavy atom. The molecule has 1 rings (SSSR count). The second kappa shape index (κ2) is 7.17. The number of thioether (sulfide) groups is 1. The SMILES string of the molecule is C#CCSCCNC(=O)NCC1(C(=O)O)CCC1. The van der Waals surface area contributed by atoms with Gasteiger partial charge in [0.2, 0.25) is 0 Å². The van der Waals surface area contributed by atoms with E-state index in [1.165, 1.54) is 0 Å². The van der Waals surface area contributed by atoms with Gasteiger partial charge in [-0.25, -0.2) is 4.79 Å². The Morgan fingerprint density at radius 2 is 2.11 bits per heavy atom. The highest BCUT2D eigenvalue weighted by molar-refractivity contribution is 7.99. The topological polar surface area (TPSA) is 78.4 Å². The molecule has 18 heavy (non-hydrogen) atoms. The van der Waals surface area contributed by atoms with E-state index in [0.717, 1.165) is 12.2 Å². The van der Waals surface area contributed by atoms with Crippen LogP contribution in [0.1, 0.15) is 19.3 Å². The molecule has 0 unspecified atom stereocenters. The Hall–Kier alpha value is -1.35. The highest BCUT2D eigenvalue weighted by Crippen LogP contribution is 2.40. The molecule has 0 heterocycles. The van der Waals surface area contributed by atoms with Crippen LogP contribution in [0, 0.1) is 17.8 Å². The molecule has 0 aliphatic heterocycles. The lowest BCUT2D eigenvalue weighted by atomic mass is 9.69. The molecule has 0 aromatic heterocycles. The van der Waals surface area contributed by atoms with Crippen LogP contribution in [-0.4, -0.2) is 41.7 Å². The summed E-state index contributed by atoms with van der Waals surface area (Å²) >= 11 is 1.57. The summed E-state index contributed by atoms with van der Waals surface area (Å²) in [4.78, 5) is 22.5. The molecule has 0 spiro atoms. The Balaban J connectivity index is 2.13. The minimum atomic E-state index is -0.821. The normalized spacial score (nSPS) is 16.2. The summed E-state index contributed by atoms with van der Waals surface area (Å²) in [6.45, 7) is 0.726. The molecule has 1 aliphatic rings. The fourth-order valence-corrected chi connectivity index (χ4v) is 2.26. The molecule has 1 saturated carbocycles. The van der Waals surface area contributed by atoms with Crippen molar-refractivity contribution in [2.24, 2.45) is 5.41 Å². The van der Waals surface area contributed by atoms with E-state index in [1.807, 2.05) is 0 Å². The molecule has 2 amide bonds. The van der Waals surface area contributed by atoms with E-state index in [0.29, 0.717) is 25.1 Å². The van der Waals surface area contributed by atoms with Crippen LogP contribution in [0.5, 0.6) is 0 Å². The van der Waals surface area contributed by atoms with Crippen molar-refractivity contribution in [3.8, 4) is 12.3 Å². The number of hydrogen-bond acceptors (Lipinski definition) is 3. The Bertz CT molecular complexity index is 348. The van der Waals surface area contributed by atoms with Crippen LogP contribution in [0.2, 0.25) is 0 Å². The Labute approximate surface area is 111 Å². The zero-order valence-corrected chi connectivity index (χ0v) is 11.0. The minimum absolute atomic E-state index is 0.200. The third-order valence-corrected chi connectivity index (χ3v) is 3.93. The van der Waals surface area contributed by atoms with Crippen LogP contribution in [0.3, 0.4) is 0 Å². The van der Waals surface area contributed by atoms with Crippen molar-refractivity contribution in [1.29, 1.82) is 0 Å². The summed E-state index contributed by atoms with van der Waals surface area (Å²) in [5.41, 5.74) is -0.741. The molecular formula is C12H18N2O3S. The second-order valence-corrected chi connectivity index (χ2v) is 5.41. The fraction of sp³-hybridized carbons (Fsp3) is 0.667. The van der Waals surface area contributed by atoms with E-state index in [9.17, 15) is 9.59 Å². The van der Waals surface area contributed by atoms with Crippen molar-refractivity contribution in [2.45, 2.75) is 19.3 Å². The standard InChI is InChI=1S/C12H18N2O3S/c1-2-7-18-8-6-13-11(17)14-9-12(10(15)16)4-3-5-12/h1H,3-9H2,(H,15,16)(H2,13,14,17). The molecule has 0 radical (unpaired) electrons. The van der Waals surface area contributed by atoms with Crippen molar-refractivity contribution in [3.63, 3.8) is 0 Å². The third-order valence-electron chi connectivity index (χ3n) is 3.07. The van der Waals surface area contributed by atoms with Crippen LogP contribution in [-0.2, 0) is 4.79 Å². The number of terminal acetylenes is 1. The van der Waals surface area contributed by atoms with Gasteiger partial charge in [-0.15, -0.1) is 18.2 Å². The summed E-state index contributed by atoms with van der Waals surface area (Å²) in [7, 11) is 0. The predicted molar refractivity (Wildman–Crippen MR) is 71.5 cm³/mol. The van der Waals surface area contributed by atoms with Crippen LogP contribution in [0.25, 0.3) is 0 Å². The largest absolute Gasteiger partial charge is 0.481 e. The molecule has 6 heteroatoms. The van der Waals surface area contributed by atoms with Crippen LogP contribution in [0.4, 0.5) is 4.79 Å². The molecule has 0 saturated heterocycles. The van der Waals surface area contributed by atoms with E-state index >= 15 is 0 Å². The van der Waals surface area contributed by atoms with Gasteiger partial charge in [0.25, 0.3) is 0 Å². The smallest absolute Gasteiger partial charge is 0.314 e. The van der Waals surface area contributed by atoms with E-state index in [-0.39, 0.29) is 12.6 Å². The van der Waals surface area contributed by atoms with Crippen molar-refractivity contribution >= 4 is 23.8 Å². The number of carbonyl (C=O) groups excluding carboxylic acids is 1. The number of carbonyl (C=O) groups is 2. The van der Waals surface area contributed by atoms with E-state index < -0.39 is 11.4 Å². The van der Waals surface area contributed by atoms with Crippen molar-refractivity contribution in [1.82, 2.24) is 10.6 Å². The average molecular weight is 270 g/mol. The van der Waals surface area contributed by atoms with Gasteiger partial charge in [-0.3, -0.25) is 4.79 Å². The molecular weight excluding hydrogens is 252 g/mol. The van der Waals surface area contributed by atoms with Crippen molar-refractivity contribution in [2.75, 3.05) is 24.6 Å². The van der Waals surface area contributed by atoms with Crippen LogP contribution >= 0.6 is 11.8 Å². The molecule has 3 N–H and O–H groups in total. The van der Waals surface area contributed by atoms with Gasteiger partial charge in [-0.05, 0) is 12.8 Å². The molecule has 100 valence electrons. The Kier molecular flexibility index (Phi) is 5.86. The summed E-state index contributed by atoms with van der Waals surface area (Å²) in [5, 5.41) is 14.4. The summed E-state index contributed by atoms with van der Waals surface area (Å²) in [6, 6.07) is -0.316. The fourth-order valence-electron chi connectivity index (χ4n) is 1.75. The first kappa shape index (κ1) is 14.7. The van der Waals surface area contributed by atoms with Gasteiger partial charge in [0.15, 0.2) is 0 Å². The summed E-state index contributed by atoms with van der Waals surface area (Å²) < 4.78 is 0. The van der Waals surface area contributed by atoms with Gasteiger partial charge < -0.3 is 15.7 Å². The molecule has 0 aromatic carbocycles. The maximum Gasteiger partial charge on any atom is 0.314 e. The maximum atomic E-state index is 11.4. The lowest BCUT2D eigenvalue weighted by molar-refractivity contribution is -0.153. The molecule has 0 aromatic rings. The van der Waals surface area contributed by atoms with E-state index in [2.05, 4.69) is 16.6 Å². The first-order valence-electron chi connectivity index (χ1n) is 5.87. The van der Waals surface area contributed by atoms with Gasteiger partial charge in [-0.2, -0.15) is 0 Å². The van der Waals surface area contributed by atoms with Gasteiger partial charge in [0.05, 0.1) is 11.2 Å². The van der Waals surface area contributed by atoms with Gasteiger partial charge in [0, 0.05) is 18.8 Å². The molecule has 1 aliphatic carbocycles.